The third-order valence-electron chi connectivity index (χ3n) is 5.81. The lowest BCUT2D eigenvalue weighted by Crippen LogP contribution is -2.48. The molecule has 39 heavy (non-hydrogen) atoms. The number of halogens is 1. The van der Waals surface area contributed by atoms with Crippen LogP contribution >= 0.6 is 0 Å². The third-order valence-corrected chi connectivity index (χ3v) is 7.17. The number of carbonyl (C=O) groups is 2. The van der Waals surface area contributed by atoms with Crippen LogP contribution in [0, 0.1) is 0 Å². The molecule has 0 heterocycles. The number of hydrogen-bond donors (Lipinski definition) is 4. The summed E-state index contributed by atoms with van der Waals surface area (Å²) in [5, 5.41) is 11.5. The van der Waals surface area contributed by atoms with Crippen molar-refractivity contribution in [1.29, 1.82) is 0 Å². The van der Waals surface area contributed by atoms with Gasteiger partial charge in [0.1, 0.15) is 11.8 Å². The number of anilines is 1. The Labute approximate surface area is 227 Å². The zero-order valence-electron chi connectivity index (χ0n) is 21.3. The summed E-state index contributed by atoms with van der Waals surface area (Å²) < 4.78 is 46.4. The van der Waals surface area contributed by atoms with Gasteiger partial charge in [0.05, 0.1) is 11.4 Å². The second-order valence-corrected chi connectivity index (χ2v) is 10.8. The smallest absolute Gasteiger partial charge is 0.378 e. The number of unbranched alkanes of at least 4 members (excludes halogenated alkanes) is 1. The number of rotatable bonds is 15. The Kier molecular flexibility index (Phi) is 10.8. The maximum atomic E-state index is 13.4. The van der Waals surface area contributed by atoms with E-state index in [9.17, 15) is 22.4 Å². The summed E-state index contributed by atoms with van der Waals surface area (Å²) in [6, 6.07) is 21.5. The van der Waals surface area contributed by atoms with Gasteiger partial charge in [-0.25, -0.2) is 17.9 Å². The van der Waals surface area contributed by atoms with E-state index in [2.05, 4.69) is 14.8 Å². The van der Waals surface area contributed by atoms with Crippen molar-refractivity contribution in [3.63, 3.8) is 0 Å². The predicted molar refractivity (Wildman–Crippen MR) is 146 cm³/mol. The molecule has 9 nitrogen and oxygen atoms in total. The van der Waals surface area contributed by atoms with Crippen LogP contribution in [0.3, 0.4) is 0 Å². The molecule has 0 saturated heterocycles. The second-order valence-electron chi connectivity index (χ2n) is 9.00. The average molecular weight is 558 g/mol. The molecule has 3 aromatic rings. The fourth-order valence-corrected chi connectivity index (χ4v) is 5.24. The third kappa shape index (κ3) is 10.0. The van der Waals surface area contributed by atoms with E-state index >= 15 is 0 Å². The van der Waals surface area contributed by atoms with Gasteiger partial charge in [-0.1, -0.05) is 66.7 Å². The van der Waals surface area contributed by atoms with Crippen molar-refractivity contribution >= 4 is 27.6 Å². The summed E-state index contributed by atoms with van der Waals surface area (Å²) in [7, 11) is -3.90. The molecule has 208 valence electrons. The lowest BCUT2D eigenvalue weighted by atomic mass is 10.0. The van der Waals surface area contributed by atoms with Crippen LogP contribution in [0.25, 0.3) is 0 Å². The van der Waals surface area contributed by atoms with Gasteiger partial charge in [0.15, 0.2) is 0 Å². The number of sulfonamides is 1. The highest BCUT2D eigenvalue weighted by Gasteiger charge is 2.26. The number of nitrogen functional groups attached to an aromatic ring is 1. The van der Waals surface area contributed by atoms with Gasteiger partial charge in [-0.15, -0.1) is 0 Å². The number of nitrogens with one attached hydrogen (secondary N) is 2. The van der Waals surface area contributed by atoms with Gasteiger partial charge in [0, 0.05) is 6.54 Å². The normalized spacial score (nSPS) is 12.8. The molecule has 3 rings (SSSR count). The first-order valence-corrected chi connectivity index (χ1v) is 14.1. The number of amides is 1. The van der Waals surface area contributed by atoms with Gasteiger partial charge < -0.3 is 20.9 Å². The quantitative estimate of drug-likeness (QED) is 0.166. The van der Waals surface area contributed by atoms with Gasteiger partial charge in [-0.3, -0.25) is 4.79 Å². The molecule has 0 spiro atoms. The van der Waals surface area contributed by atoms with Crippen LogP contribution in [0.4, 0.5) is 10.1 Å². The molecule has 1 amide bonds. The van der Waals surface area contributed by atoms with Crippen LogP contribution in [0.1, 0.15) is 29.5 Å². The minimum atomic E-state index is -3.90. The SMILES string of the molecule is Nc1cc(C[C@H](NS(=O)(=O)Cc2ccccc2)C(=O)NCCCCc2ccccc2)ccc1OC(F)C(=O)O. The Morgan fingerprint density at radius 2 is 1.56 bits per heavy atom. The fraction of sp³-hybridized carbons (Fsp3) is 0.286. The van der Waals surface area contributed by atoms with E-state index in [-0.39, 0.29) is 23.6 Å². The second kappa shape index (κ2) is 14.3. The van der Waals surface area contributed by atoms with E-state index in [1.165, 1.54) is 23.8 Å². The number of ether oxygens (including phenoxy) is 1. The van der Waals surface area contributed by atoms with Crippen molar-refractivity contribution in [1.82, 2.24) is 10.0 Å². The topological polar surface area (TPSA) is 148 Å². The van der Waals surface area contributed by atoms with E-state index in [4.69, 9.17) is 10.8 Å². The molecule has 0 aliphatic carbocycles. The predicted octanol–water partition coefficient (Wildman–Crippen LogP) is 3.20. The number of aryl methyl sites for hydroxylation is 1. The molecule has 0 aromatic heterocycles. The van der Waals surface area contributed by atoms with E-state index in [1.54, 1.807) is 30.3 Å². The van der Waals surface area contributed by atoms with E-state index in [0.717, 1.165) is 12.8 Å². The highest BCUT2D eigenvalue weighted by Crippen LogP contribution is 2.25. The molecule has 0 aliphatic heterocycles. The monoisotopic (exact) mass is 557 g/mol. The van der Waals surface area contributed by atoms with Crippen molar-refractivity contribution in [2.75, 3.05) is 12.3 Å². The zero-order chi connectivity index (χ0) is 28.3. The Bertz CT molecular complexity index is 1340. The Morgan fingerprint density at radius 1 is 0.923 bits per heavy atom. The molecular weight excluding hydrogens is 525 g/mol. The number of nitrogens with two attached hydrogens (primary N) is 1. The van der Waals surface area contributed by atoms with E-state index in [1.807, 2.05) is 30.3 Å². The number of aliphatic carboxylic acids is 1. The minimum absolute atomic E-state index is 0.0493. The van der Waals surface area contributed by atoms with E-state index in [0.29, 0.717) is 24.1 Å². The first-order valence-electron chi connectivity index (χ1n) is 12.4. The Morgan fingerprint density at radius 3 is 2.18 bits per heavy atom. The number of carboxylic acid groups (broad SMARTS) is 1. The maximum Gasteiger partial charge on any atom is 0.378 e. The molecule has 5 N–H and O–H groups in total. The summed E-state index contributed by atoms with van der Waals surface area (Å²) >= 11 is 0. The molecule has 0 radical (unpaired) electrons. The minimum Gasteiger partial charge on any atom is -0.476 e. The number of alkyl halides is 1. The molecule has 0 bridgehead atoms. The van der Waals surface area contributed by atoms with Crippen molar-refractivity contribution in [2.24, 2.45) is 0 Å². The van der Waals surface area contributed by atoms with Crippen LogP contribution < -0.4 is 20.5 Å². The average Bonchev–Trinajstić information content (AvgIpc) is 2.90. The first-order chi connectivity index (χ1) is 18.6. The van der Waals surface area contributed by atoms with Crippen LogP contribution in [0.5, 0.6) is 5.75 Å². The molecule has 0 aliphatic rings. The number of benzene rings is 3. The number of carboxylic acids is 1. The lowest BCUT2D eigenvalue weighted by Gasteiger charge is -2.19. The van der Waals surface area contributed by atoms with E-state index < -0.39 is 34.3 Å². The summed E-state index contributed by atoms with van der Waals surface area (Å²) in [4.78, 5) is 23.8. The largest absolute Gasteiger partial charge is 0.476 e. The van der Waals surface area contributed by atoms with Crippen LogP contribution in [0.2, 0.25) is 0 Å². The molecule has 1 unspecified atom stereocenters. The van der Waals surface area contributed by atoms with Crippen molar-refractivity contribution in [3.8, 4) is 5.75 Å². The van der Waals surface area contributed by atoms with Crippen molar-refractivity contribution < 1.29 is 32.2 Å². The lowest BCUT2D eigenvalue weighted by molar-refractivity contribution is -0.153. The summed E-state index contributed by atoms with van der Waals surface area (Å²) in [6.45, 7) is 0.366. The summed E-state index contributed by atoms with van der Waals surface area (Å²) in [6.07, 6.45) is -0.232. The van der Waals surface area contributed by atoms with Gasteiger partial charge in [0.2, 0.25) is 15.9 Å². The van der Waals surface area contributed by atoms with Crippen LogP contribution in [-0.2, 0) is 38.2 Å². The highest BCUT2D eigenvalue weighted by molar-refractivity contribution is 7.88. The zero-order valence-corrected chi connectivity index (χ0v) is 22.1. The standard InChI is InChI=1S/C28H32FN3O6S/c29-26(28(34)35)38-25-15-14-22(17-23(25)30)18-24(32-39(36,37)19-21-12-5-2-6-13-21)27(33)31-16-8-7-11-20-9-3-1-4-10-20/h1-6,9-10,12-15,17,24,26,32H,7-8,11,16,18-19,30H2,(H,31,33)(H,34,35)/t24-,26?/m0/s1. The van der Waals surface area contributed by atoms with Crippen LogP contribution in [0.15, 0.2) is 78.9 Å². The molecule has 0 saturated carbocycles. The Balaban J connectivity index is 1.67. The number of carbonyl (C=O) groups excluding carboxylic acids is 1. The van der Waals surface area contributed by atoms with Crippen LogP contribution in [-0.4, -0.2) is 44.3 Å². The fourth-order valence-electron chi connectivity index (χ4n) is 3.90. The number of hydrogen-bond acceptors (Lipinski definition) is 6. The highest BCUT2D eigenvalue weighted by atomic mass is 32.2. The Hall–Kier alpha value is -3.96. The van der Waals surface area contributed by atoms with Crippen molar-refractivity contribution in [3.05, 3.63) is 95.6 Å². The van der Waals surface area contributed by atoms with Gasteiger partial charge in [0.25, 0.3) is 0 Å². The van der Waals surface area contributed by atoms with Crippen molar-refractivity contribution in [2.45, 2.75) is 43.8 Å². The first kappa shape index (κ1) is 29.6. The van der Waals surface area contributed by atoms with Gasteiger partial charge in [-0.05, 0) is 54.5 Å². The molecule has 11 heteroatoms. The molecular formula is C28H32FN3O6S. The van der Waals surface area contributed by atoms with Gasteiger partial charge in [-0.2, -0.15) is 4.39 Å². The molecule has 2 atom stereocenters. The maximum absolute atomic E-state index is 13.4. The van der Waals surface area contributed by atoms with Gasteiger partial charge >= 0.3 is 12.3 Å². The summed E-state index contributed by atoms with van der Waals surface area (Å²) in [5.74, 6) is -2.79. The molecule has 0 fully saturated rings. The molecule has 3 aromatic carbocycles. The summed E-state index contributed by atoms with van der Waals surface area (Å²) in [5.41, 5.74) is 8.07.